The van der Waals surface area contributed by atoms with Crippen LogP contribution in [0.15, 0.2) is 54.6 Å². The van der Waals surface area contributed by atoms with Crippen LogP contribution in [0.1, 0.15) is 90.6 Å². The van der Waals surface area contributed by atoms with Gasteiger partial charge in [0.1, 0.15) is 18.1 Å². The topological polar surface area (TPSA) is 172 Å². The van der Waals surface area contributed by atoms with Gasteiger partial charge >= 0.3 is 12.0 Å². The zero-order valence-corrected chi connectivity index (χ0v) is 41.4. The van der Waals surface area contributed by atoms with Crippen molar-refractivity contribution in [3.05, 3.63) is 70.8 Å². The number of hydrogen-bond donors (Lipinski definition) is 2. The summed E-state index contributed by atoms with van der Waals surface area (Å²) < 4.78 is 14.2. The van der Waals surface area contributed by atoms with E-state index in [1.165, 1.54) is 27.3 Å². The van der Waals surface area contributed by atoms with E-state index in [9.17, 15) is 24.0 Å². The highest BCUT2D eigenvalue weighted by atomic mass is 32.1. The molecule has 5 amide bonds. The van der Waals surface area contributed by atoms with E-state index in [0.29, 0.717) is 43.9 Å². The first-order valence-corrected chi connectivity index (χ1v) is 24.3. The summed E-state index contributed by atoms with van der Waals surface area (Å²) in [5.41, 5.74) is 9.24. The lowest BCUT2D eigenvalue weighted by Crippen LogP contribution is -2.64. The number of urea groups is 1. The van der Waals surface area contributed by atoms with Crippen molar-refractivity contribution in [2.75, 3.05) is 40.4 Å². The number of hydrazine groups is 1. The van der Waals surface area contributed by atoms with Crippen molar-refractivity contribution in [1.82, 2.24) is 45.0 Å². The van der Waals surface area contributed by atoms with Crippen molar-refractivity contribution in [3.8, 4) is 22.5 Å². The van der Waals surface area contributed by atoms with Crippen LogP contribution in [0.4, 0.5) is 4.79 Å². The lowest BCUT2D eigenvalue weighted by atomic mass is 9.84. The average Bonchev–Trinajstić information content (AvgIpc) is 3.91. The van der Waals surface area contributed by atoms with Crippen molar-refractivity contribution in [3.63, 3.8) is 0 Å². The molecule has 0 radical (unpaired) electrons. The van der Waals surface area contributed by atoms with Crippen LogP contribution in [0.2, 0.25) is 0 Å². The van der Waals surface area contributed by atoms with Gasteiger partial charge in [-0.05, 0) is 88.8 Å². The lowest BCUT2D eigenvalue weighted by molar-refractivity contribution is -0.155. The molecule has 2 saturated heterocycles. The minimum absolute atomic E-state index is 0.0678. The molecule has 3 aliphatic rings. The highest BCUT2D eigenvalue weighted by Crippen LogP contribution is 2.42. The Morgan fingerprint density at radius 3 is 2.55 bits per heavy atom. The van der Waals surface area contributed by atoms with Gasteiger partial charge in [-0.2, -0.15) is 0 Å². The van der Waals surface area contributed by atoms with Gasteiger partial charge in [-0.1, -0.05) is 40.3 Å². The van der Waals surface area contributed by atoms with Gasteiger partial charge in [-0.15, -0.1) is 11.3 Å². The molecule has 3 aromatic heterocycles. The monoisotopic (exact) mass is 937 g/mol. The van der Waals surface area contributed by atoms with Gasteiger partial charge in [0.2, 0.25) is 11.8 Å². The first-order valence-electron chi connectivity index (χ1n) is 23.5. The van der Waals surface area contributed by atoms with Crippen LogP contribution < -0.4 is 10.7 Å². The van der Waals surface area contributed by atoms with E-state index >= 15 is 0 Å². The fraction of sp³-hybridized carbons (Fsp3) is 0.540. The molecule has 7 rings (SSSR count). The molecule has 0 saturated carbocycles. The number of amides is 5. The van der Waals surface area contributed by atoms with Gasteiger partial charge in [0.15, 0.2) is 0 Å². The fourth-order valence-corrected chi connectivity index (χ4v) is 10.7. The van der Waals surface area contributed by atoms with Gasteiger partial charge in [-0.25, -0.2) is 15.2 Å². The molecule has 2 N–H and O–H groups in total. The van der Waals surface area contributed by atoms with Crippen LogP contribution in [-0.2, 0) is 48.0 Å². The maximum Gasteiger partial charge on any atom is 0.324 e. The van der Waals surface area contributed by atoms with E-state index in [0.717, 1.165) is 44.7 Å². The molecular weight excluding hydrogens is 871 g/mol. The summed E-state index contributed by atoms with van der Waals surface area (Å²) in [5, 5.41) is 8.11. The SMILES string of the molecule is C=CC(=O)N1C[C@@H](C)N(C(=O)N(C)[C@H](C(=O)N[C@H]2Cc3nc(cs3)-c3ccc4c(c3)c(c(-c3cccnc3[C@H](C)OC)n4CC)CC(C)(C)COC(=O)[C@@H]3CCCN(N3)C2=O)C(C)C)C[C@H]1C. The number of methoxy groups -OCH3 is 1. The molecule has 17 heteroatoms. The van der Waals surface area contributed by atoms with Gasteiger partial charge in [0.05, 0.1) is 34.8 Å². The zero-order valence-electron chi connectivity index (χ0n) is 40.6. The van der Waals surface area contributed by atoms with Crippen LogP contribution in [0.25, 0.3) is 33.4 Å². The number of ether oxygens (including phenoxy) is 2. The maximum absolute atomic E-state index is 14.7. The number of esters is 1. The number of aromatic nitrogens is 3. The minimum Gasteiger partial charge on any atom is -0.464 e. The van der Waals surface area contributed by atoms with Gasteiger partial charge in [0, 0.05) is 97.9 Å². The Kier molecular flexibility index (Phi) is 14.9. The van der Waals surface area contributed by atoms with E-state index in [1.807, 2.05) is 46.1 Å². The summed E-state index contributed by atoms with van der Waals surface area (Å²) in [6, 6.07) is 6.64. The molecule has 2 fully saturated rings. The molecule has 6 heterocycles. The quantitative estimate of drug-likeness (QED) is 0.142. The van der Waals surface area contributed by atoms with Crippen molar-refractivity contribution in [2.45, 2.75) is 124 Å². The Morgan fingerprint density at radius 2 is 1.85 bits per heavy atom. The van der Waals surface area contributed by atoms with Crippen LogP contribution in [-0.4, -0.2) is 135 Å². The second-order valence-electron chi connectivity index (χ2n) is 19.4. The molecule has 0 unspecified atom stereocenters. The molecule has 6 atom stereocenters. The number of cyclic esters (lactones) is 1. The summed E-state index contributed by atoms with van der Waals surface area (Å²) in [4.78, 5) is 84.6. The van der Waals surface area contributed by atoms with E-state index in [-0.39, 0.29) is 55.6 Å². The standard InChI is InChI=1S/C50H67N9O7S/c1-12-42(60)57-25-31(6)58(26-30(57)5)49(64)55(10)44(29(3)4)46(61)53-38-23-41-52-39(27-67-41)33-18-19-40-35(22-33)36(45(56(40)13-2)34-16-14-20-51-43(34)32(7)65-11)24-50(8,9)28-66-48(63)37-17-15-21-59(54-37)47(38)62/h12,14,16,18-20,22,27,29-32,37-38,44,54H,1,13,15,17,21,23-26,28H2,2-11H3,(H,53,61)/t30-,31-,32+,37+,38+,44+/m1/s1. The third-order valence-corrected chi connectivity index (χ3v) is 14.3. The largest absolute Gasteiger partial charge is 0.464 e. The van der Waals surface area contributed by atoms with Crippen LogP contribution in [0, 0.1) is 11.3 Å². The number of thiazole rings is 1. The average molecular weight is 938 g/mol. The van der Waals surface area contributed by atoms with Crippen molar-refractivity contribution in [2.24, 2.45) is 11.3 Å². The van der Waals surface area contributed by atoms with E-state index in [1.54, 1.807) is 30.2 Å². The molecule has 360 valence electrons. The lowest BCUT2D eigenvalue weighted by Gasteiger charge is -2.46. The number of piperazine rings is 1. The number of carbonyl (C=O) groups excluding carboxylic acids is 5. The van der Waals surface area contributed by atoms with Gasteiger partial charge in [-0.3, -0.25) is 29.2 Å². The molecule has 1 aromatic carbocycles. The highest BCUT2D eigenvalue weighted by molar-refractivity contribution is 7.10. The predicted octanol–water partition coefficient (Wildman–Crippen LogP) is 6.39. The number of nitrogens with zero attached hydrogens (tertiary/aromatic N) is 7. The number of pyridine rings is 1. The smallest absolute Gasteiger partial charge is 0.324 e. The number of rotatable bonds is 9. The summed E-state index contributed by atoms with van der Waals surface area (Å²) in [6.07, 6.45) is 4.45. The first kappa shape index (κ1) is 49.3. The Hall–Kier alpha value is -5.65. The molecule has 0 spiro atoms. The summed E-state index contributed by atoms with van der Waals surface area (Å²) in [7, 11) is 3.28. The minimum atomic E-state index is -1.10. The number of carbonyl (C=O) groups is 5. The second kappa shape index (κ2) is 20.3. The third kappa shape index (κ3) is 10.1. The molecule has 3 aliphatic heterocycles. The third-order valence-electron chi connectivity index (χ3n) is 13.5. The first-order chi connectivity index (χ1) is 31.9. The summed E-state index contributed by atoms with van der Waals surface area (Å²) >= 11 is 1.40. The maximum atomic E-state index is 14.7. The molecular formula is C50H67N9O7S. The predicted molar refractivity (Wildman–Crippen MR) is 259 cm³/mol. The number of benzene rings is 1. The number of nitrogens with one attached hydrogen (secondary N) is 2. The van der Waals surface area contributed by atoms with Crippen LogP contribution >= 0.6 is 11.3 Å². The van der Waals surface area contributed by atoms with E-state index < -0.39 is 41.3 Å². The Labute approximate surface area is 398 Å². The highest BCUT2D eigenvalue weighted by Gasteiger charge is 2.41. The second-order valence-corrected chi connectivity index (χ2v) is 20.3. The van der Waals surface area contributed by atoms with Gasteiger partial charge in [0.25, 0.3) is 5.91 Å². The van der Waals surface area contributed by atoms with Gasteiger partial charge < -0.3 is 34.1 Å². The molecule has 4 aromatic rings. The Bertz CT molecular complexity index is 2520. The zero-order chi connectivity index (χ0) is 48.5. The molecule has 67 heavy (non-hydrogen) atoms. The number of aryl methyl sites for hydroxylation is 1. The van der Waals surface area contributed by atoms with Crippen molar-refractivity contribution >= 4 is 52.0 Å². The number of fused-ring (bicyclic) bond motifs is 6. The molecule has 0 aliphatic carbocycles. The van der Waals surface area contributed by atoms with E-state index in [2.05, 4.69) is 66.9 Å². The Balaban J connectivity index is 1.26. The normalized spacial score (nSPS) is 22.2. The van der Waals surface area contributed by atoms with Crippen molar-refractivity contribution in [1.29, 1.82) is 0 Å². The fourth-order valence-electron chi connectivity index (χ4n) is 9.89. The van der Waals surface area contributed by atoms with E-state index in [4.69, 9.17) is 19.4 Å². The van der Waals surface area contributed by atoms with Crippen LogP contribution in [0.5, 0.6) is 0 Å². The summed E-state index contributed by atoms with van der Waals surface area (Å²) in [6.45, 7) is 21.2. The number of likely N-dealkylation sites (N-methyl/N-ethyl adjacent to an activating group) is 1. The Morgan fingerprint density at radius 1 is 1.12 bits per heavy atom. The molecule has 6 bridgehead atoms. The summed E-state index contributed by atoms with van der Waals surface area (Å²) in [5.74, 6) is -1.92. The number of hydrogen-bond acceptors (Lipinski definition) is 11. The molecule has 16 nitrogen and oxygen atoms in total. The van der Waals surface area contributed by atoms with Crippen molar-refractivity contribution < 1.29 is 33.4 Å². The van der Waals surface area contributed by atoms with Crippen LogP contribution in [0.3, 0.4) is 0 Å².